The summed E-state index contributed by atoms with van der Waals surface area (Å²) in [5.74, 6) is -4.21. The van der Waals surface area contributed by atoms with Crippen molar-refractivity contribution in [3.05, 3.63) is 73.9 Å². The van der Waals surface area contributed by atoms with Crippen molar-refractivity contribution in [3.63, 3.8) is 0 Å². The van der Waals surface area contributed by atoms with Gasteiger partial charge in [-0.3, -0.25) is 19.1 Å². The molecule has 14 heteroatoms. The summed E-state index contributed by atoms with van der Waals surface area (Å²) in [5.41, 5.74) is -1.54. The first-order valence-electron chi connectivity index (χ1n) is 9.58. The number of alkyl halides is 2. The van der Waals surface area contributed by atoms with Gasteiger partial charge in [-0.25, -0.2) is 14.9 Å². The quantitative estimate of drug-likeness (QED) is 0.274. The van der Waals surface area contributed by atoms with Crippen LogP contribution in [0.5, 0.6) is 0 Å². The fourth-order valence-electron chi connectivity index (χ4n) is 3.49. The van der Waals surface area contributed by atoms with Crippen molar-refractivity contribution in [3.8, 4) is 0 Å². The molecule has 168 valence electrons. The van der Waals surface area contributed by atoms with Gasteiger partial charge in [-0.15, -0.1) is 0 Å². The number of pyridine rings is 1. The van der Waals surface area contributed by atoms with Crippen LogP contribution >= 0.6 is 0 Å². The van der Waals surface area contributed by atoms with Crippen molar-refractivity contribution in [2.75, 3.05) is 11.9 Å². The maximum Gasteiger partial charge on any atom is 0.347 e. The molecule has 0 aromatic carbocycles. The van der Waals surface area contributed by atoms with Gasteiger partial charge in [-0.1, -0.05) is 0 Å². The van der Waals surface area contributed by atoms with Crippen LogP contribution in [0.3, 0.4) is 0 Å². The lowest BCUT2D eigenvalue weighted by Crippen LogP contribution is -2.42. The SMILES string of the molecule is O=C(NCc1n[nH]c(=O)[nH]1)[C@@H]1CCc2cnc(NCC(F)(F)c3cccc[n+]3[O-])c(=O)n21. The molecule has 0 bridgehead atoms. The predicted octanol–water partition coefficient (Wildman–Crippen LogP) is -0.704. The van der Waals surface area contributed by atoms with Crippen molar-refractivity contribution in [2.24, 2.45) is 0 Å². The normalized spacial score (nSPS) is 15.4. The summed E-state index contributed by atoms with van der Waals surface area (Å²) in [6.07, 6.45) is 3.01. The molecular weight excluding hydrogens is 430 g/mol. The van der Waals surface area contributed by atoms with E-state index in [0.717, 1.165) is 12.3 Å². The molecule has 0 aliphatic carbocycles. The zero-order valence-corrected chi connectivity index (χ0v) is 16.5. The number of anilines is 1. The molecule has 0 fully saturated rings. The maximum atomic E-state index is 14.5. The van der Waals surface area contributed by atoms with E-state index < -0.39 is 41.4 Å². The maximum absolute atomic E-state index is 14.5. The highest BCUT2D eigenvalue weighted by Crippen LogP contribution is 2.26. The number of carbonyl (C=O) groups excluding carboxylic acids is 1. The van der Waals surface area contributed by atoms with E-state index in [4.69, 9.17) is 0 Å². The van der Waals surface area contributed by atoms with Crippen LogP contribution in [-0.4, -0.2) is 37.2 Å². The number of rotatable bonds is 7. The van der Waals surface area contributed by atoms with Crippen LogP contribution in [0.1, 0.15) is 29.7 Å². The number of nitrogens with zero attached hydrogens (tertiary/aromatic N) is 4. The fraction of sp³-hybridized carbons (Fsp3) is 0.333. The fourth-order valence-corrected chi connectivity index (χ4v) is 3.49. The van der Waals surface area contributed by atoms with Crippen LogP contribution in [0.25, 0.3) is 0 Å². The zero-order chi connectivity index (χ0) is 22.9. The average molecular weight is 448 g/mol. The van der Waals surface area contributed by atoms with Gasteiger partial charge < -0.3 is 15.8 Å². The third-order valence-electron chi connectivity index (χ3n) is 5.02. The Morgan fingerprint density at radius 3 is 2.91 bits per heavy atom. The van der Waals surface area contributed by atoms with Crippen LogP contribution in [0.15, 0.2) is 40.2 Å². The Bertz CT molecular complexity index is 1270. The summed E-state index contributed by atoms with van der Waals surface area (Å²) < 4.78 is 30.2. The lowest BCUT2D eigenvalue weighted by atomic mass is 10.2. The van der Waals surface area contributed by atoms with E-state index >= 15 is 0 Å². The standard InChI is InChI=1S/C18H18F2N8O4/c19-18(20,12-3-1-2-6-27(12)32)9-23-14-16(30)28-10(7-21-14)4-5-11(28)15(29)22-8-13-24-17(31)26-25-13/h1-3,6-7,11H,4-5,8-9H2,(H,21,23)(H,22,29)(H2,24,25,26,31)/t11-/m0/s1. The Kier molecular flexibility index (Phi) is 5.42. The van der Waals surface area contributed by atoms with Crippen molar-refractivity contribution in [1.29, 1.82) is 0 Å². The highest BCUT2D eigenvalue weighted by atomic mass is 19.3. The first-order valence-corrected chi connectivity index (χ1v) is 9.58. The van der Waals surface area contributed by atoms with Crippen LogP contribution in [0.2, 0.25) is 0 Å². The monoisotopic (exact) mass is 448 g/mol. The van der Waals surface area contributed by atoms with Gasteiger partial charge in [0.2, 0.25) is 5.91 Å². The Morgan fingerprint density at radius 1 is 1.38 bits per heavy atom. The molecule has 0 unspecified atom stereocenters. The molecule has 4 rings (SSSR count). The van der Waals surface area contributed by atoms with Gasteiger partial charge in [-0.05, 0) is 18.9 Å². The molecular formula is C18H18F2N8O4. The third-order valence-corrected chi connectivity index (χ3v) is 5.02. The molecule has 12 nitrogen and oxygen atoms in total. The van der Waals surface area contributed by atoms with Gasteiger partial charge in [0.25, 0.3) is 11.3 Å². The molecule has 32 heavy (non-hydrogen) atoms. The number of fused-ring (bicyclic) bond motifs is 1. The molecule has 0 spiro atoms. The second-order valence-electron chi connectivity index (χ2n) is 7.14. The van der Waals surface area contributed by atoms with Gasteiger partial charge >= 0.3 is 11.6 Å². The van der Waals surface area contributed by atoms with E-state index in [0.29, 0.717) is 18.5 Å². The molecule has 0 saturated carbocycles. The summed E-state index contributed by atoms with van der Waals surface area (Å²) in [6.45, 7) is -1.10. The Labute approximate surface area is 177 Å². The third kappa shape index (κ3) is 4.06. The van der Waals surface area contributed by atoms with E-state index in [1.807, 2.05) is 0 Å². The van der Waals surface area contributed by atoms with Crippen molar-refractivity contribution < 1.29 is 18.3 Å². The van der Waals surface area contributed by atoms with E-state index in [-0.39, 0.29) is 22.9 Å². The first kappa shape index (κ1) is 21.1. The summed E-state index contributed by atoms with van der Waals surface area (Å²) in [6, 6.07) is 2.75. The van der Waals surface area contributed by atoms with Gasteiger partial charge in [0.1, 0.15) is 11.9 Å². The molecule has 3 aromatic heterocycles. The van der Waals surface area contributed by atoms with Crippen LogP contribution < -0.4 is 26.6 Å². The number of nitrogens with one attached hydrogen (secondary N) is 4. The molecule has 1 aliphatic heterocycles. The number of aromatic amines is 2. The van der Waals surface area contributed by atoms with Crippen molar-refractivity contribution in [1.82, 2.24) is 30.0 Å². The molecule has 4 N–H and O–H groups in total. The number of aryl methyl sites for hydroxylation is 1. The number of halogens is 2. The number of carbonyl (C=O) groups is 1. The highest BCUT2D eigenvalue weighted by molar-refractivity contribution is 5.80. The number of hydrogen-bond acceptors (Lipinski definition) is 7. The molecule has 0 saturated heterocycles. The molecule has 0 radical (unpaired) electrons. The Balaban J connectivity index is 1.50. The number of hydrogen-bond donors (Lipinski definition) is 4. The number of H-pyrrole nitrogens is 2. The lowest BCUT2D eigenvalue weighted by Gasteiger charge is -2.18. The molecule has 4 heterocycles. The van der Waals surface area contributed by atoms with Gasteiger partial charge in [0, 0.05) is 24.0 Å². The van der Waals surface area contributed by atoms with E-state index in [1.165, 1.54) is 22.9 Å². The van der Waals surface area contributed by atoms with Crippen molar-refractivity contribution >= 4 is 11.7 Å². The smallest absolute Gasteiger partial charge is 0.347 e. The Hall–Kier alpha value is -4.10. The molecule has 1 amide bonds. The van der Waals surface area contributed by atoms with Crippen LogP contribution in [-0.2, 0) is 23.7 Å². The van der Waals surface area contributed by atoms with E-state index in [9.17, 15) is 28.4 Å². The van der Waals surface area contributed by atoms with Gasteiger partial charge in [0.15, 0.2) is 12.0 Å². The van der Waals surface area contributed by atoms with Crippen LogP contribution in [0.4, 0.5) is 14.6 Å². The average Bonchev–Trinajstić information content (AvgIpc) is 3.38. The second kappa shape index (κ2) is 8.20. The summed E-state index contributed by atoms with van der Waals surface area (Å²) >= 11 is 0. The van der Waals surface area contributed by atoms with Gasteiger partial charge in [0.05, 0.1) is 13.1 Å². The summed E-state index contributed by atoms with van der Waals surface area (Å²) in [7, 11) is 0. The highest BCUT2D eigenvalue weighted by Gasteiger charge is 2.40. The Morgan fingerprint density at radius 2 is 2.19 bits per heavy atom. The summed E-state index contributed by atoms with van der Waals surface area (Å²) in [5, 5.41) is 22.4. The minimum Gasteiger partial charge on any atom is -0.618 e. The van der Waals surface area contributed by atoms with Gasteiger partial charge in [-0.2, -0.15) is 18.6 Å². The first-order chi connectivity index (χ1) is 15.3. The largest absolute Gasteiger partial charge is 0.618 e. The zero-order valence-electron chi connectivity index (χ0n) is 16.5. The minimum atomic E-state index is -3.57. The lowest BCUT2D eigenvalue weighted by molar-refractivity contribution is -0.624. The van der Waals surface area contributed by atoms with Crippen LogP contribution in [0, 0.1) is 5.21 Å². The van der Waals surface area contributed by atoms with E-state index in [1.54, 1.807) is 0 Å². The predicted molar refractivity (Wildman–Crippen MR) is 105 cm³/mol. The molecule has 1 atom stereocenters. The minimum absolute atomic E-state index is 0.0532. The topological polar surface area (TPSA) is 164 Å². The summed E-state index contributed by atoms with van der Waals surface area (Å²) in [4.78, 5) is 42.8. The van der Waals surface area contributed by atoms with Crippen molar-refractivity contribution in [2.45, 2.75) is 31.4 Å². The second-order valence-corrected chi connectivity index (χ2v) is 7.14. The number of aromatic nitrogens is 6. The molecule has 3 aromatic rings. The van der Waals surface area contributed by atoms with E-state index in [2.05, 4.69) is 30.8 Å². The molecule has 1 aliphatic rings. The number of amides is 1.